The first-order valence-electron chi connectivity index (χ1n) is 6.97. The first-order chi connectivity index (χ1) is 10.6. The number of carbonyl (C=O) groups excluding carboxylic acids is 1. The van der Waals surface area contributed by atoms with Gasteiger partial charge in [0.25, 0.3) is 0 Å². The van der Waals surface area contributed by atoms with Gasteiger partial charge in [-0.15, -0.1) is 10.2 Å². The fourth-order valence-corrected chi connectivity index (χ4v) is 1.97. The Morgan fingerprint density at radius 1 is 1.27 bits per heavy atom. The molecule has 0 saturated carbocycles. The number of carbonyl (C=O) groups is 1. The van der Waals surface area contributed by atoms with E-state index in [4.69, 9.17) is 4.74 Å². The Balaban J connectivity index is 1.85. The summed E-state index contributed by atoms with van der Waals surface area (Å²) in [6, 6.07) is 5.66. The molecule has 0 bridgehead atoms. The molecule has 0 aromatic carbocycles. The van der Waals surface area contributed by atoms with Crippen molar-refractivity contribution in [1.82, 2.24) is 25.3 Å². The van der Waals surface area contributed by atoms with Crippen molar-refractivity contribution in [3.8, 4) is 5.82 Å². The predicted molar refractivity (Wildman–Crippen MR) is 82.0 cm³/mol. The van der Waals surface area contributed by atoms with Crippen LogP contribution in [0.3, 0.4) is 0 Å². The van der Waals surface area contributed by atoms with Crippen molar-refractivity contribution >= 4 is 11.7 Å². The summed E-state index contributed by atoms with van der Waals surface area (Å²) in [6.07, 6.45) is 0. The van der Waals surface area contributed by atoms with Gasteiger partial charge in [-0.05, 0) is 32.0 Å². The number of rotatable bonds is 7. The molecule has 0 radical (unpaired) electrons. The number of aryl methyl sites for hydroxylation is 2. The van der Waals surface area contributed by atoms with Gasteiger partial charge in [-0.25, -0.2) is 4.68 Å². The number of methoxy groups -OCH3 is 1. The van der Waals surface area contributed by atoms with E-state index >= 15 is 0 Å². The van der Waals surface area contributed by atoms with Gasteiger partial charge in [0.05, 0.1) is 5.69 Å². The smallest absolute Gasteiger partial charge is 0.246 e. The molecular formula is C14H20N6O2. The maximum Gasteiger partial charge on any atom is 0.246 e. The van der Waals surface area contributed by atoms with Crippen LogP contribution in [0.1, 0.15) is 11.4 Å². The molecule has 0 unspecified atom stereocenters. The minimum atomic E-state index is -0.143. The standard InChI is InChI=1S/C14H20N6O2/c1-10-8-11(2)20(19-10)13-5-4-12(17-18-13)15-6-7-16-14(21)9-22-3/h4-5,8H,6-7,9H2,1-3H3,(H,15,17)(H,16,21). The maximum absolute atomic E-state index is 11.2. The first-order valence-corrected chi connectivity index (χ1v) is 6.97. The summed E-state index contributed by atoms with van der Waals surface area (Å²) < 4.78 is 6.47. The van der Waals surface area contributed by atoms with Crippen molar-refractivity contribution in [2.75, 3.05) is 32.1 Å². The molecule has 2 aromatic rings. The Labute approximate surface area is 128 Å². The van der Waals surface area contributed by atoms with Gasteiger partial charge in [0.2, 0.25) is 5.91 Å². The van der Waals surface area contributed by atoms with E-state index in [-0.39, 0.29) is 12.5 Å². The van der Waals surface area contributed by atoms with E-state index in [1.165, 1.54) is 7.11 Å². The second-order valence-electron chi connectivity index (χ2n) is 4.83. The van der Waals surface area contributed by atoms with Gasteiger partial charge >= 0.3 is 0 Å². The molecule has 1 amide bonds. The van der Waals surface area contributed by atoms with Gasteiger partial charge < -0.3 is 15.4 Å². The quantitative estimate of drug-likeness (QED) is 0.722. The summed E-state index contributed by atoms with van der Waals surface area (Å²) in [5.74, 6) is 1.17. The van der Waals surface area contributed by atoms with E-state index in [0.717, 1.165) is 11.4 Å². The van der Waals surface area contributed by atoms with Crippen molar-refractivity contribution in [2.45, 2.75) is 13.8 Å². The first kappa shape index (κ1) is 15.9. The number of nitrogens with zero attached hydrogens (tertiary/aromatic N) is 4. The molecule has 2 heterocycles. The van der Waals surface area contributed by atoms with Crippen molar-refractivity contribution in [3.63, 3.8) is 0 Å². The van der Waals surface area contributed by atoms with Crippen LogP contribution >= 0.6 is 0 Å². The number of hydrogen-bond acceptors (Lipinski definition) is 6. The second kappa shape index (κ2) is 7.51. The van der Waals surface area contributed by atoms with Gasteiger partial charge in [0, 0.05) is 25.9 Å². The van der Waals surface area contributed by atoms with E-state index in [2.05, 4.69) is 25.9 Å². The third-order valence-corrected chi connectivity index (χ3v) is 2.91. The van der Waals surface area contributed by atoms with Crippen LogP contribution in [0.15, 0.2) is 18.2 Å². The zero-order chi connectivity index (χ0) is 15.9. The van der Waals surface area contributed by atoms with Crippen LogP contribution in [-0.4, -0.2) is 52.7 Å². The van der Waals surface area contributed by atoms with Crippen LogP contribution in [0, 0.1) is 13.8 Å². The van der Waals surface area contributed by atoms with E-state index in [1.54, 1.807) is 4.68 Å². The van der Waals surface area contributed by atoms with E-state index in [0.29, 0.717) is 24.7 Å². The molecule has 2 aromatic heterocycles. The highest BCUT2D eigenvalue weighted by Gasteiger charge is 2.05. The average molecular weight is 304 g/mol. The molecule has 2 N–H and O–H groups in total. The highest BCUT2D eigenvalue weighted by molar-refractivity contribution is 5.77. The normalized spacial score (nSPS) is 10.5. The molecular weight excluding hydrogens is 284 g/mol. The number of anilines is 1. The Morgan fingerprint density at radius 3 is 2.68 bits per heavy atom. The molecule has 8 heteroatoms. The number of hydrogen-bond donors (Lipinski definition) is 2. The van der Waals surface area contributed by atoms with E-state index in [1.807, 2.05) is 32.0 Å². The molecule has 118 valence electrons. The van der Waals surface area contributed by atoms with Gasteiger partial charge in [0.15, 0.2) is 5.82 Å². The lowest BCUT2D eigenvalue weighted by Gasteiger charge is -2.07. The lowest BCUT2D eigenvalue weighted by atomic mass is 10.4. The Bertz CT molecular complexity index is 623. The number of nitrogens with one attached hydrogen (secondary N) is 2. The summed E-state index contributed by atoms with van der Waals surface area (Å²) in [5, 5.41) is 18.4. The second-order valence-corrected chi connectivity index (χ2v) is 4.83. The summed E-state index contributed by atoms with van der Waals surface area (Å²) in [7, 11) is 1.48. The van der Waals surface area contributed by atoms with Crippen LogP contribution in [0.5, 0.6) is 0 Å². The van der Waals surface area contributed by atoms with Gasteiger partial charge in [-0.3, -0.25) is 4.79 Å². The molecule has 0 spiro atoms. The highest BCUT2D eigenvalue weighted by atomic mass is 16.5. The molecule has 0 aliphatic heterocycles. The number of aromatic nitrogens is 4. The van der Waals surface area contributed by atoms with Crippen LogP contribution in [0.2, 0.25) is 0 Å². The minimum absolute atomic E-state index is 0.0666. The number of ether oxygens (including phenoxy) is 1. The lowest BCUT2D eigenvalue weighted by molar-refractivity contribution is -0.124. The Kier molecular flexibility index (Phi) is 5.42. The maximum atomic E-state index is 11.2. The van der Waals surface area contributed by atoms with E-state index in [9.17, 15) is 4.79 Å². The van der Waals surface area contributed by atoms with Crippen LogP contribution in [-0.2, 0) is 9.53 Å². The molecule has 0 aliphatic rings. The zero-order valence-electron chi connectivity index (χ0n) is 13.0. The summed E-state index contributed by atoms with van der Waals surface area (Å²) in [4.78, 5) is 11.2. The number of amides is 1. The zero-order valence-corrected chi connectivity index (χ0v) is 13.0. The fraction of sp³-hybridized carbons (Fsp3) is 0.429. The van der Waals surface area contributed by atoms with Crippen LogP contribution in [0.25, 0.3) is 5.82 Å². The van der Waals surface area contributed by atoms with Crippen LogP contribution in [0.4, 0.5) is 5.82 Å². The van der Waals surface area contributed by atoms with Crippen molar-refractivity contribution in [2.24, 2.45) is 0 Å². The molecule has 22 heavy (non-hydrogen) atoms. The summed E-state index contributed by atoms with van der Waals surface area (Å²) in [5.41, 5.74) is 1.95. The molecule has 0 saturated heterocycles. The Morgan fingerprint density at radius 2 is 2.09 bits per heavy atom. The summed E-state index contributed by atoms with van der Waals surface area (Å²) >= 11 is 0. The molecule has 0 fully saturated rings. The molecule has 8 nitrogen and oxygen atoms in total. The molecule has 0 aliphatic carbocycles. The van der Waals surface area contributed by atoms with Crippen molar-refractivity contribution < 1.29 is 9.53 Å². The van der Waals surface area contributed by atoms with Crippen molar-refractivity contribution in [1.29, 1.82) is 0 Å². The van der Waals surface area contributed by atoms with Crippen LogP contribution < -0.4 is 10.6 Å². The molecule has 0 atom stereocenters. The van der Waals surface area contributed by atoms with Gasteiger partial charge in [0.1, 0.15) is 12.4 Å². The fourth-order valence-electron chi connectivity index (χ4n) is 1.97. The predicted octanol–water partition coefficient (Wildman–Crippen LogP) is 0.454. The topological polar surface area (TPSA) is 94.0 Å². The highest BCUT2D eigenvalue weighted by Crippen LogP contribution is 2.10. The third kappa shape index (κ3) is 4.26. The third-order valence-electron chi connectivity index (χ3n) is 2.91. The Hall–Kier alpha value is -2.48. The average Bonchev–Trinajstić information content (AvgIpc) is 2.83. The largest absolute Gasteiger partial charge is 0.375 e. The lowest BCUT2D eigenvalue weighted by Crippen LogP contribution is -2.31. The van der Waals surface area contributed by atoms with Gasteiger partial charge in [-0.2, -0.15) is 5.10 Å². The summed E-state index contributed by atoms with van der Waals surface area (Å²) in [6.45, 7) is 5.02. The SMILES string of the molecule is COCC(=O)NCCNc1ccc(-n2nc(C)cc2C)nn1. The van der Waals surface area contributed by atoms with E-state index < -0.39 is 0 Å². The monoisotopic (exact) mass is 304 g/mol. The minimum Gasteiger partial charge on any atom is -0.375 e. The van der Waals surface area contributed by atoms with Gasteiger partial charge in [-0.1, -0.05) is 0 Å². The molecule has 2 rings (SSSR count). The van der Waals surface area contributed by atoms with Crippen molar-refractivity contribution in [3.05, 3.63) is 29.6 Å².